The van der Waals surface area contributed by atoms with E-state index >= 15 is 0 Å². The van der Waals surface area contributed by atoms with Crippen LogP contribution in [0.25, 0.3) is 0 Å². The first-order chi connectivity index (χ1) is 6.53. The summed E-state index contributed by atoms with van der Waals surface area (Å²) in [7, 11) is -4.30. The fraction of sp³-hybridized carbons (Fsp3) is 1.00. The molecule has 1 N–H and O–H groups in total. The van der Waals surface area contributed by atoms with E-state index in [1.165, 1.54) is 0 Å². The molecule has 0 aromatic carbocycles. The molecule has 0 radical (unpaired) electrons. The van der Waals surface area contributed by atoms with Crippen LogP contribution in [0.5, 0.6) is 0 Å². The summed E-state index contributed by atoms with van der Waals surface area (Å²) in [6, 6.07) is 0. The molecule has 0 aromatic heterocycles. The van der Waals surface area contributed by atoms with E-state index in [-0.39, 0.29) is 0 Å². The third-order valence-corrected chi connectivity index (χ3v) is 11.4. The van der Waals surface area contributed by atoms with Gasteiger partial charge in [-0.05, 0) is 0 Å². The van der Waals surface area contributed by atoms with Crippen LogP contribution in [0.15, 0.2) is 0 Å². The van der Waals surface area contributed by atoms with Gasteiger partial charge in [0, 0.05) is 0 Å². The van der Waals surface area contributed by atoms with Gasteiger partial charge in [-0.25, -0.2) is 0 Å². The summed E-state index contributed by atoms with van der Waals surface area (Å²) in [5.74, 6) is 0. The van der Waals surface area contributed by atoms with Gasteiger partial charge in [-0.1, -0.05) is 0 Å². The van der Waals surface area contributed by atoms with Gasteiger partial charge in [-0.3, -0.25) is 0 Å². The van der Waals surface area contributed by atoms with Gasteiger partial charge in [0.2, 0.25) is 0 Å². The van der Waals surface area contributed by atoms with Crippen LogP contribution in [0, 0.1) is 0 Å². The van der Waals surface area contributed by atoms with Gasteiger partial charge >= 0.3 is 94.3 Å². The molecule has 0 amide bonds. The third kappa shape index (κ3) is 9.36. The second-order valence-electron chi connectivity index (χ2n) is 5.25. The van der Waals surface area contributed by atoms with Crippen LogP contribution in [0.2, 0.25) is 22.3 Å². The summed E-state index contributed by atoms with van der Waals surface area (Å²) in [4.78, 5) is 0. The molecular weight excluding hydrogens is 279 g/mol. The van der Waals surface area contributed by atoms with Crippen molar-refractivity contribution < 1.29 is 16.1 Å². The zero-order valence-corrected chi connectivity index (χ0v) is 12.8. The van der Waals surface area contributed by atoms with E-state index in [1.54, 1.807) is 0 Å². The van der Waals surface area contributed by atoms with E-state index in [4.69, 9.17) is 7.72 Å². The van der Waals surface area contributed by atoms with Crippen LogP contribution < -0.4 is 0 Å². The van der Waals surface area contributed by atoms with Gasteiger partial charge in [0.15, 0.2) is 0 Å². The molecule has 0 saturated heterocycles. The Morgan fingerprint density at radius 2 is 1.67 bits per heavy atom. The molecule has 0 unspecified atom stereocenters. The number of unbranched alkanes of at least 4 members (excludes halogenated alkanes) is 3. The minimum absolute atomic E-state index is 0.776. The van der Waals surface area contributed by atoms with Crippen molar-refractivity contribution in [3.05, 3.63) is 0 Å². The Balaban J connectivity index is 4.24. The second-order valence-corrected chi connectivity index (χ2v) is 20.6. The average Bonchev–Trinajstić information content (AvgIpc) is 1.92. The zero-order chi connectivity index (χ0) is 12.2. The van der Waals surface area contributed by atoms with Crippen molar-refractivity contribution in [2.75, 3.05) is 0 Å². The molecule has 0 heterocycles. The summed E-state index contributed by atoms with van der Waals surface area (Å²) in [6.07, 6.45) is 4.37. The molecule has 0 aliphatic heterocycles. The van der Waals surface area contributed by atoms with E-state index in [9.17, 15) is 8.42 Å². The van der Waals surface area contributed by atoms with Crippen molar-refractivity contribution in [1.29, 1.82) is 0 Å². The molecular formula is C9H23AsO4S. The van der Waals surface area contributed by atoms with Crippen LogP contribution in [0.1, 0.15) is 32.6 Å². The van der Waals surface area contributed by atoms with Gasteiger partial charge < -0.3 is 0 Å². The summed E-state index contributed by atoms with van der Waals surface area (Å²) < 4.78 is 35.1. The molecule has 15 heavy (non-hydrogen) atoms. The van der Waals surface area contributed by atoms with E-state index in [0.29, 0.717) is 0 Å². The predicted octanol–water partition coefficient (Wildman–Crippen LogP) is 3.18. The molecule has 0 rings (SSSR count). The maximum atomic E-state index is 10.7. The summed E-state index contributed by atoms with van der Waals surface area (Å²) >= 11 is -3.24. The molecule has 0 aromatic rings. The van der Waals surface area contributed by atoms with Crippen LogP contribution in [0.4, 0.5) is 0 Å². The summed E-state index contributed by atoms with van der Waals surface area (Å²) in [5.41, 5.74) is 5.58. The van der Waals surface area contributed by atoms with Gasteiger partial charge in [0.05, 0.1) is 0 Å². The van der Waals surface area contributed by atoms with Crippen molar-refractivity contribution in [1.82, 2.24) is 0 Å². The fourth-order valence-corrected chi connectivity index (χ4v) is 9.83. The zero-order valence-electron chi connectivity index (χ0n) is 10.1. The van der Waals surface area contributed by atoms with Crippen LogP contribution in [-0.4, -0.2) is 25.8 Å². The van der Waals surface area contributed by atoms with Crippen molar-refractivity contribution >= 4 is 23.2 Å². The minimum atomic E-state index is -4.30. The Kier molecular flexibility index (Phi) is 5.32. The van der Waals surface area contributed by atoms with E-state index in [1.807, 2.05) is 17.1 Å². The first-order valence-corrected chi connectivity index (χ1v) is 14.3. The third-order valence-electron chi connectivity index (χ3n) is 2.14. The fourth-order valence-electron chi connectivity index (χ4n) is 1.46. The van der Waals surface area contributed by atoms with Gasteiger partial charge in [0.1, 0.15) is 0 Å². The molecule has 0 fully saturated rings. The van der Waals surface area contributed by atoms with Crippen LogP contribution >= 0.6 is 0 Å². The Labute approximate surface area is 94.3 Å². The summed E-state index contributed by atoms with van der Waals surface area (Å²) in [5, 5.41) is 0.776. The Morgan fingerprint density at radius 1 is 1.13 bits per heavy atom. The van der Waals surface area contributed by atoms with E-state index < -0.39 is 23.2 Å². The standard InChI is InChI=1S/C9H23AsO4S/c1-5-6-7-8-9-10(2,3,4)14-15(11,12)13/h5-9H2,1-4H3,(H,11,12,13). The van der Waals surface area contributed by atoms with Gasteiger partial charge in [0.25, 0.3) is 0 Å². The Bertz CT molecular complexity index is 289. The molecule has 0 bridgehead atoms. The topological polar surface area (TPSA) is 63.6 Å². The molecule has 0 atom stereocenters. The van der Waals surface area contributed by atoms with Crippen LogP contribution in [-0.2, 0) is 13.6 Å². The second kappa shape index (κ2) is 5.17. The Morgan fingerprint density at radius 3 is 2.07 bits per heavy atom. The first kappa shape index (κ1) is 15.4. The van der Waals surface area contributed by atoms with Crippen molar-refractivity contribution in [3.63, 3.8) is 0 Å². The van der Waals surface area contributed by atoms with E-state index in [0.717, 1.165) is 30.9 Å². The monoisotopic (exact) mass is 302 g/mol. The van der Waals surface area contributed by atoms with Crippen molar-refractivity contribution in [3.8, 4) is 0 Å². The quantitative estimate of drug-likeness (QED) is 0.446. The average molecular weight is 302 g/mol. The van der Waals surface area contributed by atoms with Gasteiger partial charge in [-0.15, -0.1) is 0 Å². The van der Waals surface area contributed by atoms with E-state index in [2.05, 4.69) is 6.92 Å². The van der Waals surface area contributed by atoms with Crippen molar-refractivity contribution in [2.45, 2.75) is 55.0 Å². The number of hydrogen-bond donors (Lipinski definition) is 1. The van der Waals surface area contributed by atoms with Crippen molar-refractivity contribution in [2.24, 2.45) is 0 Å². The summed E-state index contributed by atoms with van der Waals surface area (Å²) in [6.45, 7) is 2.13. The molecule has 0 saturated carbocycles. The maximum absolute atomic E-state index is 10.7. The number of hydrogen-bond acceptors (Lipinski definition) is 3. The molecule has 6 heteroatoms. The SMILES string of the molecule is CCCCCC[As](C)(C)(C)OS(=O)(=O)O. The molecule has 0 aliphatic rings. The molecule has 0 aliphatic carbocycles. The first-order valence-electron chi connectivity index (χ1n) is 5.23. The predicted molar refractivity (Wildman–Crippen MR) is 64.9 cm³/mol. The molecule has 94 valence electrons. The molecule has 4 nitrogen and oxygen atoms in total. The van der Waals surface area contributed by atoms with Gasteiger partial charge in [-0.2, -0.15) is 0 Å². The Hall–Kier alpha value is 0.428. The van der Waals surface area contributed by atoms with Crippen LogP contribution in [0.3, 0.4) is 0 Å². The molecule has 0 spiro atoms. The normalized spacial score (nSPS) is 15.9. The number of rotatable bonds is 7.